The van der Waals surface area contributed by atoms with Crippen LogP contribution in [0.3, 0.4) is 0 Å². The molecule has 222 valence electrons. The Hall–Kier alpha value is -4.14. The molecule has 0 N–H and O–H groups in total. The van der Waals surface area contributed by atoms with Gasteiger partial charge in [-0.2, -0.15) is 0 Å². The molecule has 3 heterocycles. The van der Waals surface area contributed by atoms with Gasteiger partial charge < -0.3 is 14.4 Å². The van der Waals surface area contributed by atoms with Gasteiger partial charge in [-0.05, 0) is 87.1 Å². The predicted molar refractivity (Wildman–Crippen MR) is 155 cm³/mol. The maximum atomic E-state index is 13.5. The van der Waals surface area contributed by atoms with Crippen LogP contribution in [0.4, 0.5) is 0 Å². The van der Waals surface area contributed by atoms with E-state index in [0.29, 0.717) is 69.8 Å². The molecule has 0 saturated carbocycles. The SMILES string of the molecule is O=C1CCCCOC(=O)/C=C\c2cccc(c2)C(=O)C(=O)N2CCCC[C@H]2C(=O)OC(CCc2cccnc2)CCC1. The van der Waals surface area contributed by atoms with Crippen LogP contribution in [0.15, 0.2) is 54.9 Å². The summed E-state index contributed by atoms with van der Waals surface area (Å²) in [5, 5.41) is 0. The van der Waals surface area contributed by atoms with E-state index in [4.69, 9.17) is 9.47 Å². The van der Waals surface area contributed by atoms with Gasteiger partial charge in [-0.3, -0.25) is 19.4 Å². The highest BCUT2D eigenvalue weighted by atomic mass is 16.5. The number of pyridine rings is 1. The van der Waals surface area contributed by atoms with Crippen molar-refractivity contribution >= 4 is 35.5 Å². The molecule has 1 aromatic heterocycles. The van der Waals surface area contributed by atoms with Crippen LogP contribution in [0, 0.1) is 0 Å². The second-order valence-corrected chi connectivity index (χ2v) is 10.8. The monoisotopic (exact) mass is 574 g/mol. The molecular formula is C33H38N2O7. The molecule has 2 atom stereocenters. The van der Waals surface area contributed by atoms with E-state index >= 15 is 0 Å². The van der Waals surface area contributed by atoms with Crippen LogP contribution in [0.25, 0.3) is 6.08 Å². The molecule has 9 nitrogen and oxygen atoms in total. The highest BCUT2D eigenvalue weighted by Gasteiger charge is 2.37. The van der Waals surface area contributed by atoms with Gasteiger partial charge in [-0.15, -0.1) is 0 Å². The zero-order chi connectivity index (χ0) is 29.7. The van der Waals surface area contributed by atoms with Crippen LogP contribution >= 0.6 is 0 Å². The summed E-state index contributed by atoms with van der Waals surface area (Å²) in [4.78, 5) is 70.2. The number of esters is 2. The Labute approximate surface area is 246 Å². The zero-order valence-electron chi connectivity index (χ0n) is 23.9. The van der Waals surface area contributed by atoms with Gasteiger partial charge >= 0.3 is 11.9 Å². The second-order valence-electron chi connectivity index (χ2n) is 10.8. The third kappa shape index (κ3) is 9.19. The molecular weight excluding hydrogens is 536 g/mol. The summed E-state index contributed by atoms with van der Waals surface area (Å²) in [6.45, 7) is 0.484. The van der Waals surface area contributed by atoms with E-state index in [1.54, 1.807) is 30.6 Å². The van der Waals surface area contributed by atoms with E-state index in [9.17, 15) is 24.0 Å². The Morgan fingerprint density at radius 1 is 0.881 bits per heavy atom. The van der Waals surface area contributed by atoms with E-state index in [-0.39, 0.29) is 24.5 Å². The fraction of sp³-hybridized carbons (Fsp3) is 0.455. The minimum atomic E-state index is -0.853. The first kappa shape index (κ1) is 30.8. The molecule has 42 heavy (non-hydrogen) atoms. The average molecular weight is 575 g/mol. The number of hydrogen-bond donors (Lipinski definition) is 0. The number of Topliss-reactive ketones (excluding diaryl/α,β-unsaturated/α-hetero) is 2. The minimum Gasteiger partial charge on any atom is -0.463 e. The highest BCUT2D eigenvalue weighted by Crippen LogP contribution is 2.23. The summed E-state index contributed by atoms with van der Waals surface area (Å²) >= 11 is 0. The summed E-state index contributed by atoms with van der Waals surface area (Å²) in [6, 6.07) is 9.39. The van der Waals surface area contributed by atoms with Crippen LogP contribution < -0.4 is 0 Å². The van der Waals surface area contributed by atoms with Crippen molar-refractivity contribution in [2.75, 3.05) is 13.2 Å². The predicted octanol–water partition coefficient (Wildman–Crippen LogP) is 4.67. The summed E-state index contributed by atoms with van der Waals surface area (Å²) in [7, 11) is 0. The van der Waals surface area contributed by atoms with E-state index in [1.807, 2.05) is 12.1 Å². The zero-order valence-corrected chi connectivity index (χ0v) is 23.9. The van der Waals surface area contributed by atoms with E-state index in [1.165, 1.54) is 23.1 Å². The Bertz CT molecular complexity index is 1290. The fourth-order valence-electron chi connectivity index (χ4n) is 5.30. The van der Waals surface area contributed by atoms with Crippen LogP contribution in [0.5, 0.6) is 0 Å². The average Bonchev–Trinajstić information content (AvgIpc) is 3.01. The van der Waals surface area contributed by atoms with Crippen LogP contribution in [0.1, 0.15) is 85.7 Å². The number of rotatable bonds is 3. The highest BCUT2D eigenvalue weighted by molar-refractivity contribution is 6.43. The number of benzene rings is 1. The number of cyclic esters (lactones) is 2. The summed E-state index contributed by atoms with van der Waals surface area (Å²) in [5.74, 6) is -2.40. The number of ether oxygens (including phenoxy) is 2. The molecule has 4 rings (SSSR count). The molecule has 2 aromatic rings. The lowest BCUT2D eigenvalue weighted by molar-refractivity contribution is -0.160. The lowest BCUT2D eigenvalue weighted by atomic mass is 9.99. The molecule has 9 heteroatoms. The molecule has 2 bridgehead atoms. The molecule has 1 saturated heterocycles. The third-order valence-electron chi connectivity index (χ3n) is 7.63. The van der Waals surface area contributed by atoms with Gasteiger partial charge in [0.2, 0.25) is 5.78 Å². The molecule has 0 spiro atoms. The summed E-state index contributed by atoms with van der Waals surface area (Å²) < 4.78 is 11.2. The number of aromatic nitrogens is 1. The number of nitrogens with zero attached hydrogens (tertiary/aromatic N) is 2. The number of carbonyl (C=O) groups is 5. The standard InChI is InChI=1S/C33H38N2O7/c36-27-11-2-4-21-41-30(37)18-16-24-8-5-10-26(22-24)31(38)32(39)35-20-3-1-14-29(35)33(40)42-28(13-6-12-27)17-15-25-9-7-19-34-23-25/h5,7-10,16,18-19,22-23,28-29H,1-4,6,11-15,17,20-21H2/b18-16-/t28?,29-/m0/s1. The fourth-order valence-corrected chi connectivity index (χ4v) is 5.30. The van der Waals surface area contributed by atoms with Gasteiger partial charge in [0.1, 0.15) is 17.9 Å². The Morgan fingerprint density at radius 2 is 1.74 bits per heavy atom. The summed E-state index contributed by atoms with van der Waals surface area (Å²) in [5.41, 5.74) is 1.75. The van der Waals surface area contributed by atoms with E-state index in [0.717, 1.165) is 12.0 Å². The number of carbonyl (C=O) groups excluding carboxylic acids is 5. The maximum absolute atomic E-state index is 13.5. The summed E-state index contributed by atoms with van der Waals surface area (Å²) in [6.07, 6.45) is 11.9. The van der Waals surface area contributed by atoms with Gasteiger partial charge in [0.05, 0.1) is 6.61 Å². The topological polar surface area (TPSA) is 120 Å². The molecule has 1 amide bonds. The van der Waals surface area contributed by atoms with Crippen molar-refractivity contribution in [2.24, 2.45) is 0 Å². The number of ketones is 2. The first-order chi connectivity index (χ1) is 20.4. The smallest absolute Gasteiger partial charge is 0.330 e. The molecule has 2 aliphatic heterocycles. The van der Waals surface area contributed by atoms with Gasteiger partial charge in [0, 0.05) is 43.4 Å². The van der Waals surface area contributed by atoms with Crippen molar-refractivity contribution in [1.82, 2.24) is 9.88 Å². The number of amides is 1. The van der Waals surface area contributed by atoms with Crippen molar-refractivity contribution < 1.29 is 33.4 Å². The van der Waals surface area contributed by atoms with Crippen molar-refractivity contribution in [3.8, 4) is 0 Å². The molecule has 1 fully saturated rings. The molecule has 0 radical (unpaired) electrons. The van der Waals surface area contributed by atoms with Crippen LogP contribution in [0.2, 0.25) is 0 Å². The Balaban J connectivity index is 1.54. The van der Waals surface area contributed by atoms with Crippen LogP contribution in [-0.2, 0) is 35.1 Å². The first-order valence-corrected chi connectivity index (χ1v) is 14.8. The van der Waals surface area contributed by atoms with Crippen LogP contribution in [-0.4, -0.2) is 64.6 Å². The van der Waals surface area contributed by atoms with Gasteiger partial charge in [0.25, 0.3) is 5.91 Å². The quantitative estimate of drug-likeness (QED) is 0.383. The number of piperidine rings is 1. The second kappa shape index (κ2) is 15.7. The molecule has 1 unspecified atom stereocenters. The molecule has 2 aliphatic rings. The van der Waals surface area contributed by atoms with Crippen molar-refractivity contribution in [3.05, 3.63) is 71.6 Å². The lowest BCUT2D eigenvalue weighted by Crippen LogP contribution is -2.51. The maximum Gasteiger partial charge on any atom is 0.330 e. The number of fused-ring (bicyclic) bond motifs is 3. The molecule has 1 aromatic carbocycles. The Morgan fingerprint density at radius 3 is 2.57 bits per heavy atom. The van der Waals surface area contributed by atoms with E-state index < -0.39 is 35.8 Å². The lowest BCUT2D eigenvalue weighted by Gasteiger charge is -2.34. The van der Waals surface area contributed by atoms with Gasteiger partial charge in [0.15, 0.2) is 0 Å². The third-order valence-corrected chi connectivity index (χ3v) is 7.63. The van der Waals surface area contributed by atoms with Crippen molar-refractivity contribution in [3.63, 3.8) is 0 Å². The number of hydrogen-bond acceptors (Lipinski definition) is 8. The van der Waals surface area contributed by atoms with Gasteiger partial charge in [-0.25, -0.2) is 9.59 Å². The van der Waals surface area contributed by atoms with Crippen molar-refractivity contribution in [2.45, 2.75) is 82.8 Å². The van der Waals surface area contributed by atoms with Crippen molar-refractivity contribution in [1.29, 1.82) is 0 Å². The van der Waals surface area contributed by atoms with Gasteiger partial charge in [-0.1, -0.05) is 24.3 Å². The number of aryl methyl sites for hydroxylation is 1. The van der Waals surface area contributed by atoms with E-state index in [2.05, 4.69) is 4.98 Å². The minimum absolute atomic E-state index is 0.114. The first-order valence-electron chi connectivity index (χ1n) is 14.8. The normalized spacial score (nSPS) is 22.7. The molecule has 0 aliphatic carbocycles. The largest absolute Gasteiger partial charge is 0.463 e. The Kier molecular flexibility index (Phi) is 11.6.